The van der Waals surface area contributed by atoms with Crippen LogP contribution in [0.15, 0.2) is 29.3 Å². The number of esters is 1. The Balaban J connectivity index is 2.32. The first-order valence-corrected chi connectivity index (χ1v) is 10.4. The lowest BCUT2D eigenvalue weighted by atomic mass is 10.1. The summed E-state index contributed by atoms with van der Waals surface area (Å²) < 4.78 is 32.7. The zero-order valence-electron chi connectivity index (χ0n) is 15.5. The van der Waals surface area contributed by atoms with Crippen LogP contribution < -0.4 is 15.8 Å². The Kier molecular flexibility index (Phi) is 7.17. The van der Waals surface area contributed by atoms with Gasteiger partial charge in [0, 0.05) is 17.0 Å². The number of ether oxygens (including phenoxy) is 1. The fraction of sp³-hybridized carbons (Fsp3) is 0.353. The highest BCUT2D eigenvalue weighted by Crippen LogP contribution is 2.30. The number of nitrogens with zero attached hydrogens (tertiary/aromatic N) is 1. The van der Waals surface area contributed by atoms with Gasteiger partial charge >= 0.3 is 5.97 Å². The average Bonchev–Trinajstić information content (AvgIpc) is 2.63. The topological polar surface area (TPSA) is 147 Å². The molecule has 28 heavy (non-hydrogen) atoms. The molecule has 11 heteroatoms. The maximum atomic E-state index is 12.7. The molecule has 0 unspecified atom stereocenters. The standard InChI is InChI=1S/C17H22ClN5O4S/c1-3-4-7-27-16(24)10(2)23-28(25,26)11-5-6-12-13(8-11)15(22-17(19)20)21-9-14(12)18/h5-6,8-10,23H,3-4,7H2,1-2H3,(H4,19,20,21,22)/t10-/m0/s1. The van der Waals surface area contributed by atoms with Gasteiger partial charge in [0.1, 0.15) is 11.9 Å². The number of sulfonamides is 1. The van der Waals surface area contributed by atoms with Crippen molar-refractivity contribution in [1.29, 1.82) is 5.41 Å². The van der Waals surface area contributed by atoms with Crippen LogP contribution in [0.3, 0.4) is 0 Å². The summed E-state index contributed by atoms with van der Waals surface area (Å²) in [5, 5.41) is 11.1. The summed E-state index contributed by atoms with van der Waals surface area (Å²) in [5.41, 5.74) is 5.34. The van der Waals surface area contributed by atoms with Gasteiger partial charge in [-0.15, -0.1) is 0 Å². The number of pyridine rings is 1. The van der Waals surface area contributed by atoms with Crippen molar-refractivity contribution in [3.8, 4) is 0 Å². The summed E-state index contributed by atoms with van der Waals surface area (Å²) in [7, 11) is -4.02. The highest BCUT2D eigenvalue weighted by Gasteiger charge is 2.24. The summed E-state index contributed by atoms with van der Waals surface area (Å²) in [6.07, 6.45) is 2.93. The Bertz CT molecular complexity index is 996. The number of benzene rings is 1. The second-order valence-corrected chi connectivity index (χ2v) is 8.19. The molecular formula is C17H22ClN5O4S. The summed E-state index contributed by atoms with van der Waals surface area (Å²) in [6.45, 7) is 3.60. The van der Waals surface area contributed by atoms with Crippen LogP contribution in [0.1, 0.15) is 26.7 Å². The molecule has 0 fully saturated rings. The SMILES string of the molecule is CCCCOC(=O)[C@H](C)NS(=O)(=O)c1ccc2c(Cl)cnc(NC(=N)N)c2c1. The number of fused-ring (bicyclic) bond motifs is 1. The maximum Gasteiger partial charge on any atom is 0.323 e. The predicted octanol–water partition coefficient (Wildman–Crippen LogP) is 2.20. The third-order valence-electron chi connectivity index (χ3n) is 3.80. The van der Waals surface area contributed by atoms with Crippen LogP contribution in [0.5, 0.6) is 0 Å². The number of nitrogens with two attached hydrogens (primary N) is 1. The number of aromatic nitrogens is 1. The molecular weight excluding hydrogens is 406 g/mol. The van der Waals surface area contributed by atoms with Crippen LogP contribution in [0.25, 0.3) is 10.8 Å². The number of hydrogen-bond acceptors (Lipinski definition) is 6. The monoisotopic (exact) mass is 427 g/mol. The van der Waals surface area contributed by atoms with E-state index in [0.29, 0.717) is 22.2 Å². The van der Waals surface area contributed by atoms with Crippen molar-refractivity contribution in [2.45, 2.75) is 37.6 Å². The molecule has 1 atom stereocenters. The molecule has 0 amide bonds. The Morgan fingerprint density at radius 2 is 2.11 bits per heavy atom. The first-order valence-electron chi connectivity index (χ1n) is 8.54. The second-order valence-electron chi connectivity index (χ2n) is 6.06. The summed E-state index contributed by atoms with van der Waals surface area (Å²) in [5.74, 6) is -0.816. The minimum atomic E-state index is -4.02. The van der Waals surface area contributed by atoms with E-state index < -0.39 is 22.0 Å². The number of halogens is 1. The minimum Gasteiger partial charge on any atom is -0.465 e. The van der Waals surface area contributed by atoms with Gasteiger partial charge in [-0.25, -0.2) is 13.4 Å². The van der Waals surface area contributed by atoms with Crippen LogP contribution in [-0.2, 0) is 19.6 Å². The van der Waals surface area contributed by atoms with Crippen LogP contribution in [0.2, 0.25) is 5.02 Å². The first kappa shape index (κ1) is 21.9. The molecule has 9 nitrogen and oxygen atoms in total. The molecule has 1 aromatic carbocycles. The maximum absolute atomic E-state index is 12.7. The van der Waals surface area contributed by atoms with Crippen molar-refractivity contribution in [1.82, 2.24) is 9.71 Å². The summed E-state index contributed by atoms with van der Waals surface area (Å²) in [6, 6.07) is 3.17. The number of nitrogens with one attached hydrogen (secondary N) is 3. The van der Waals surface area contributed by atoms with E-state index in [4.69, 9.17) is 27.5 Å². The zero-order valence-corrected chi connectivity index (χ0v) is 17.0. The third kappa shape index (κ3) is 5.31. The van der Waals surface area contributed by atoms with Crippen molar-refractivity contribution < 1.29 is 17.9 Å². The lowest BCUT2D eigenvalue weighted by molar-refractivity contribution is -0.145. The lowest BCUT2D eigenvalue weighted by Crippen LogP contribution is -2.39. The molecule has 0 aliphatic heterocycles. The van der Waals surface area contributed by atoms with E-state index in [9.17, 15) is 13.2 Å². The zero-order chi connectivity index (χ0) is 20.9. The van der Waals surface area contributed by atoms with Gasteiger partial charge in [0.2, 0.25) is 10.0 Å². The molecule has 5 N–H and O–H groups in total. The molecule has 0 radical (unpaired) electrons. The highest BCUT2D eigenvalue weighted by molar-refractivity contribution is 7.89. The van der Waals surface area contributed by atoms with Gasteiger partial charge < -0.3 is 15.8 Å². The molecule has 0 spiro atoms. The van der Waals surface area contributed by atoms with Gasteiger partial charge in [-0.2, -0.15) is 4.72 Å². The quantitative estimate of drug-likeness (QED) is 0.218. The average molecular weight is 428 g/mol. The molecule has 2 rings (SSSR count). The minimum absolute atomic E-state index is 0.0936. The molecule has 1 aromatic heterocycles. The van der Waals surface area contributed by atoms with Gasteiger partial charge in [-0.05, 0) is 25.5 Å². The van der Waals surface area contributed by atoms with Crippen LogP contribution in [0, 0.1) is 5.41 Å². The number of carbonyl (C=O) groups excluding carboxylic acids is 1. The first-order chi connectivity index (χ1) is 13.2. The Morgan fingerprint density at radius 3 is 2.75 bits per heavy atom. The van der Waals surface area contributed by atoms with E-state index in [1.54, 1.807) is 0 Å². The summed E-state index contributed by atoms with van der Waals surface area (Å²) >= 11 is 6.12. The predicted molar refractivity (Wildman–Crippen MR) is 108 cm³/mol. The number of anilines is 1. The van der Waals surface area contributed by atoms with Crippen molar-refractivity contribution in [2.75, 3.05) is 11.9 Å². The van der Waals surface area contributed by atoms with Crippen molar-refractivity contribution in [3.05, 3.63) is 29.4 Å². The van der Waals surface area contributed by atoms with E-state index in [-0.39, 0.29) is 23.3 Å². The van der Waals surface area contributed by atoms with Gasteiger partial charge in [-0.3, -0.25) is 10.2 Å². The van der Waals surface area contributed by atoms with Crippen molar-refractivity contribution >= 4 is 50.1 Å². The molecule has 0 saturated carbocycles. The summed E-state index contributed by atoms with van der Waals surface area (Å²) in [4.78, 5) is 15.9. The molecule has 152 valence electrons. The fourth-order valence-electron chi connectivity index (χ4n) is 2.37. The van der Waals surface area contributed by atoms with Gasteiger partial charge in [0.25, 0.3) is 0 Å². The molecule has 2 aromatic rings. The number of guanidine groups is 1. The molecule has 0 aliphatic carbocycles. The number of carbonyl (C=O) groups is 1. The third-order valence-corrected chi connectivity index (χ3v) is 5.64. The van der Waals surface area contributed by atoms with Crippen molar-refractivity contribution in [3.63, 3.8) is 0 Å². The Hall–Kier alpha value is -2.43. The van der Waals surface area contributed by atoms with E-state index in [1.165, 1.54) is 31.3 Å². The number of rotatable bonds is 8. The van der Waals surface area contributed by atoms with Crippen molar-refractivity contribution in [2.24, 2.45) is 5.73 Å². The molecule has 0 saturated heterocycles. The van der Waals surface area contributed by atoms with Crippen LogP contribution >= 0.6 is 11.6 Å². The van der Waals surface area contributed by atoms with Gasteiger partial charge in [-0.1, -0.05) is 31.0 Å². The van der Waals surface area contributed by atoms with Gasteiger partial charge in [0.05, 0.1) is 16.5 Å². The van der Waals surface area contributed by atoms with E-state index in [0.717, 1.165) is 6.42 Å². The Labute approximate surface area is 168 Å². The normalized spacial score (nSPS) is 12.5. The molecule has 1 heterocycles. The molecule has 0 aliphatic rings. The smallest absolute Gasteiger partial charge is 0.323 e. The fourth-order valence-corrected chi connectivity index (χ4v) is 3.80. The second kappa shape index (κ2) is 9.18. The van der Waals surface area contributed by atoms with Gasteiger partial charge in [0.15, 0.2) is 5.96 Å². The molecule has 0 bridgehead atoms. The van der Waals surface area contributed by atoms with E-state index in [2.05, 4.69) is 15.0 Å². The number of unbranched alkanes of at least 4 members (excludes halogenated alkanes) is 1. The highest BCUT2D eigenvalue weighted by atomic mass is 35.5. The lowest BCUT2D eigenvalue weighted by Gasteiger charge is -2.15. The van der Waals surface area contributed by atoms with Crippen LogP contribution in [0.4, 0.5) is 5.82 Å². The van der Waals surface area contributed by atoms with E-state index >= 15 is 0 Å². The van der Waals surface area contributed by atoms with E-state index in [1.807, 2.05) is 6.92 Å². The Morgan fingerprint density at radius 1 is 1.39 bits per heavy atom. The largest absolute Gasteiger partial charge is 0.465 e. The number of hydrogen-bond donors (Lipinski definition) is 4. The van der Waals surface area contributed by atoms with Crippen LogP contribution in [-0.4, -0.2) is 38.0 Å².